The predicted molar refractivity (Wildman–Crippen MR) is 76.6 cm³/mol. The third-order valence-corrected chi connectivity index (χ3v) is 2.96. The lowest BCUT2D eigenvalue weighted by molar-refractivity contribution is 0.828. The Labute approximate surface area is 108 Å². The number of aryl methyl sites for hydroxylation is 1. The van der Waals surface area contributed by atoms with E-state index in [1.54, 1.807) is 0 Å². The highest BCUT2D eigenvalue weighted by Gasteiger charge is 2.08. The number of aromatic nitrogens is 1. The van der Waals surface area contributed by atoms with E-state index in [-0.39, 0.29) is 0 Å². The highest BCUT2D eigenvalue weighted by Crippen LogP contribution is 2.23. The predicted octanol–water partition coefficient (Wildman–Crippen LogP) is 3.00. The van der Waals surface area contributed by atoms with Crippen LogP contribution in [0.5, 0.6) is 0 Å². The molecule has 1 heterocycles. The maximum absolute atomic E-state index is 6.02. The van der Waals surface area contributed by atoms with Gasteiger partial charge in [-0.05, 0) is 37.1 Å². The van der Waals surface area contributed by atoms with Crippen molar-refractivity contribution in [3.05, 3.63) is 53.9 Å². The van der Waals surface area contributed by atoms with Gasteiger partial charge < -0.3 is 10.6 Å². The van der Waals surface area contributed by atoms with Crippen molar-refractivity contribution in [2.45, 2.75) is 20.4 Å². The van der Waals surface area contributed by atoms with Gasteiger partial charge in [-0.25, -0.2) is 0 Å². The van der Waals surface area contributed by atoms with Crippen LogP contribution in [0.15, 0.2) is 42.7 Å². The second-order valence-electron chi connectivity index (χ2n) is 4.44. The van der Waals surface area contributed by atoms with E-state index in [9.17, 15) is 0 Å². The summed E-state index contributed by atoms with van der Waals surface area (Å²) in [4.78, 5) is 6.49. The van der Waals surface area contributed by atoms with E-state index < -0.39 is 0 Å². The molecule has 0 saturated heterocycles. The van der Waals surface area contributed by atoms with Gasteiger partial charge in [-0.15, -0.1) is 0 Å². The average Bonchev–Trinajstić information content (AvgIpc) is 2.37. The Bertz CT molecular complexity index is 523. The number of benzene rings is 1. The van der Waals surface area contributed by atoms with Crippen LogP contribution in [-0.4, -0.2) is 11.5 Å². The molecule has 1 aromatic carbocycles. The molecule has 3 heteroatoms. The van der Waals surface area contributed by atoms with Crippen LogP contribution in [-0.2, 0) is 6.54 Å². The van der Waals surface area contributed by atoms with Gasteiger partial charge in [0.2, 0.25) is 0 Å². The maximum Gasteiger partial charge on any atom is 0.0602 e. The second-order valence-corrected chi connectivity index (χ2v) is 4.44. The molecule has 0 unspecified atom stereocenters. The van der Waals surface area contributed by atoms with Gasteiger partial charge in [0, 0.05) is 25.5 Å². The summed E-state index contributed by atoms with van der Waals surface area (Å²) in [5.41, 5.74) is 10.3. The van der Waals surface area contributed by atoms with Gasteiger partial charge in [-0.1, -0.05) is 18.2 Å². The third-order valence-electron chi connectivity index (χ3n) is 2.96. The minimum Gasteiger partial charge on any atom is -0.397 e. The molecule has 94 valence electrons. The molecular formula is C15H19N3. The van der Waals surface area contributed by atoms with Crippen molar-refractivity contribution in [3.63, 3.8) is 0 Å². The molecule has 0 aliphatic rings. The van der Waals surface area contributed by atoms with Crippen LogP contribution >= 0.6 is 0 Å². The zero-order valence-electron chi connectivity index (χ0n) is 10.9. The van der Waals surface area contributed by atoms with Crippen LogP contribution in [0.25, 0.3) is 0 Å². The number of nitrogens with zero attached hydrogens (tertiary/aromatic N) is 2. The monoisotopic (exact) mass is 241 g/mol. The summed E-state index contributed by atoms with van der Waals surface area (Å²) in [7, 11) is 0. The van der Waals surface area contributed by atoms with E-state index in [4.69, 9.17) is 5.73 Å². The quantitative estimate of drug-likeness (QED) is 0.837. The molecule has 0 aliphatic carbocycles. The Morgan fingerprint density at radius 3 is 2.67 bits per heavy atom. The number of pyridine rings is 1. The lowest BCUT2D eigenvalue weighted by atomic mass is 10.2. The molecular weight excluding hydrogens is 222 g/mol. The van der Waals surface area contributed by atoms with Crippen molar-refractivity contribution < 1.29 is 0 Å². The normalized spacial score (nSPS) is 10.3. The smallest absolute Gasteiger partial charge is 0.0602 e. The van der Waals surface area contributed by atoms with Crippen molar-refractivity contribution in [1.82, 2.24) is 4.98 Å². The van der Waals surface area contributed by atoms with Gasteiger partial charge in [0.25, 0.3) is 0 Å². The molecule has 0 saturated carbocycles. The second kappa shape index (κ2) is 5.54. The zero-order chi connectivity index (χ0) is 13.0. The van der Waals surface area contributed by atoms with E-state index in [2.05, 4.69) is 35.9 Å². The summed E-state index contributed by atoms with van der Waals surface area (Å²) in [5, 5.41) is 0. The molecule has 0 radical (unpaired) electrons. The molecule has 3 nitrogen and oxygen atoms in total. The number of hydrogen-bond donors (Lipinski definition) is 1. The zero-order valence-corrected chi connectivity index (χ0v) is 10.9. The van der Waals surface area contributed by atoms with Crippen LogP contribution in [0, 0.1) is 6.92 Å². The van der Waals surface area contributed by atoms with Crippen molar-refractivity contribution in [1.29, 1.82) is 0 Å². The molecule has 0 atom stereocenters. The van der Waals surface area contributed by atoms with Crippen LogP contribution in [0.4, 0.5) is 11.4 Å². The first-order valence-electron chi connectivity index (χ1n) is 6.20. The highest BCUT2D eigenvalue weighted by atomic mass is 15.1. The van der Waals surface area contributed by atoms with E-state index >= 15 is 0 Å². The van der Waals surface area contributed by atoms with E-state index in [1.807, 2.05) is 30.6 Å². The average molecular weight is 241 g/mol. The first-order valence-corrected chi connectivity index (χ1v) is 6.20. The summed E-state index contributed by atoms with van der Waals surface area (Å²) in [6.45, 7) is 5.95. The lowest BCUT2D eigenvalue weighted by Crippen LogP contribution is -2.23. The number of para-hydroxylation sites is 2. The van der Waals surface area contributed by atoms with Gasteiger partial charge in [0.1, 0.15) is 0 Å². The summed E-state index contributed by atoms with van der Waals surface area (Å²) < 4.78 is 0. The minimum absolute atomic E-state index is 0.819. The molecule has 0 amide bonds. The Morgan fingerprint density at radius 1 is 1.22 bits per heavy atom. The largest absolute Gasteiger partial charge is 0.397 e. The topological polar surface area (TPSA) is 42.2 Å². The fraction of sp³-hybridized carbons (Fsp3) is 0.267. The van der Waals surface area contributed by atoms with E-state index in [0.717, 1.165) is 24.5 Å². The van der Waals surface area contributed by atoms with Gasteiger partial charge in [0.05, 0.1) is 11.4 Å². The van der Waals surface area contributed by atoms with Crippen LogP contribution in [0.2, 0.25) is 0 Å². The summed E-state index contributed by atoms with van der Waals surface area (Å²) >= 11 is 0. The Kier molecular flexibility index (Phi) is 3.82. The van der Waals surface area contributed by atoms with Gasteiger partial charge >= 0.3 is 0 Å². The molecule has 2 aromatic rings. The van der Waals surface area contributed by atoms with Gasteiger partial charge in [0.15, 0.2) is 0 Å². The molecule has 0 spiro atoms. The molecule has 2 N–H and O–H groups in total. The molecule has 2 rings (SSSR count). The Balaban J connectivity index is 2.23. The summed E-state index contributed by atoms with van der Waals surface area (Å²) in [6.07, 6.45) is 3.78. The molecule has 0 bridgehead atoms. The van der Waals surface area contributed by atoms with E-state index in [0.29, 0.717) is 0 Å². The fourth-order valence-electron chi connectivity index (χ4n) is 2.07. The number of nitrogens with two attached hydrogens (primary N) is 1. The van der Waals surface area contributed by atoms with Gasteiger partial charge in [-0.3, -0.25) is 4.98 Å². The SMILES string of the molecule is CCN(Cc1cncc(C)c1)c1ccccc1N. The first kappa shape index (κ1) is 12.4. The van der Waals surface area contributed by atoms with Crippen LogP contribution < -0.4 is 10.6 Å². The van der Waals surface area contributed by atoms with Crippen molar-refractivity contribution >= 4 is 11.4 Å². The van der Waals surface area contributed by atoms with Crippen molar-refractivity contribution in [3.8, 4) is 0 Å². The van der Waals surface area contributed by atoms with Crippen LogP contribution in [0.3, 0.4) is 0 Å². The lowest BCUT2D eigenvalue weighted by Gasteiger charge is -2.24. The molecule has 18 heavy (non-hydrogen) atoms. The third kappa shape index (κ3) is 2.80. The van der Waals surface area contributed by atoms with Crippen LogP contribution in [0.1, 0.15) is 18.1 Å². The minimum atomic E-state index is 0.819. The standard InChI is InChI=1S/C15H19N3/c1-3-18(15-7-5-4-6-14(15)16)11-13-8-12(2)9-17-10-13/h4-10H,3,11,16H2,1-2H3. The molecule has 1 aromatic heterocycles. The van der Waals surface area contributed by atoms with Crippen molar-refractivity contribution in [2.24, 2.45) is 0 Å². The Morgan fingerprint density at radius 2 is 2.00 bits per heavy atom. The van der Waals surface area contributed by atoms with Crippen molar-refractivity contribution in [2.75, 3.05) is 17.2 Å². The fourth-order valence-corrected chi connectivity index (χ4v) is 2.07. The van der Waals surface area contributed by atoms with E-state index in [1.165, 1.54) is 11.1 Å². The molecule has 0 aliphatic heterocycles. The summed E-state index contributed by atoms with van der Waals surface area (Å²) in [5.74, 6) is 0. The number of hydrogen-bond acceptors (Lipinski definition) is 3. The maximum atomic E-state index is 6.02. The number of rotatable bonds is 4. The summed E-state index contributed by atoms with van der Waals surface area (Å²) in [6, 6.07) is 10.1. The molecule has 0 fully saturated rings. The Hall–Kier alpha value is -2.03. The van der Waals surface area contributed by atoms with Gasteiger partial charge in [-0.2, -0.15) is 0 Å². The number of nitrogen functional groups attached to an aromatic ring is 1. The first-order chi connectivity index (χ1) is 8.70. The number of anilines is 2. The highest BCUT2D eigenvalue weighted by molar-refractivity contribution is 5.67.